The summed E-state index contributed by atoms with van der Waals surface area (Å²) in [5.74, 6) is 1.68. The van der Waals surface area contributed by atoms with Crippen LogP contribution < -0.4 is 5.32 Å². The first-order chi connectivity index (χ1) is 8.03. The van der Waals surface area contributed by atoms with E-state index >= 15 is 0 Å². The van der Waals surface area contributed by atoms with Gasteiger partial charge in [-0.15, -0.1) is 0 Å². The molecule has 0 bridgehead atoms. The normalized spacial score (nSPS) is 31.4. The van der Waals surface area contributed by atoms with Crippen LogP contribution in [0.1, 0.15) is 26.7 Å². The number of hydrogen-bond acceptors (Lipinski definition) is 2. The third-order valence-electron chi connectivity index (χ3n) is 3.95. The molecule has 2 fully saturated rings. The summed E-state index contributed by atoms with van der Waals surface area (Å²) in [7, 11) is 3.97. The summed E-state index contributed by atoms with van der Waals surface area (Å²) in [4.78, 5) is 6.60. The Morgan fingerprint density at radius 1 is 1.53 bits per heavy atom. The number of hydrogen-bond donors (Lipinski definition) is 1. The molecular weight excluding hydrogens is 214 g/mol. The van der Waals surface area contributed by atoms with E-state index in [1.165, 1.54) is 12.8 Å². The van der Waals surface area contributed by atoms with Gasteiger partial charge in [-0.2, -0.15) is 0 Å². The lowest BCUT2D eigenvalue weighted by molar-refractivity contribution is 0.181. The average Bonchev–Trinajstić information content (AvgIpc) is 2.67. The van der Waals surface area contributed by atoms with Gasteiger partial charge in [0.25, 0.3) is 0 Å². The summed E-state index contributed by atoms with van der Waals surface area (Å²) in [6.07, 6.45) is 2.42. The molecule has 0 radical (unpaired) electrons. The fourth-order valence-corrected chi connectivity index (χ4v) is 2.42. The molecule has 1 aliphatic heterocycles. The smallest absolute Gasteiger partial charge is 0.193 e. The van der Waals surface area contributed by atoms with Crippen LogP contribution in [0.5, 0.6) is 0 Å². The third kappa shape index (κ3) is 3.12. The van der Waals surface area contributed by atoms with Crippen molar-refractivity contribution in [1.82, 2.24) is 10.2 Å². The highest BCUT2D eigenvalue weighted by Gasteiger charge is 2.46. The van der Waals surface area contributed by atoms with Crippen LogP contribution in [0, 0.1) is 11.3 Å². The van der Waals surface area contributed by atoms with Crippen LogP contribution >= 0.6 is 0 Å². The maximum absolute atomic E-state index is 5.41. The molecule has 4 nitrogen and oxygen atoms in total. The standard InChI is InChI=1S/C13H25N3O/c1-13(2)7-11(13)15-12(14-3)16(4)8-10-5-6-17-9-10/h10-11H,5-9H2,1-4H3,(H,14,15). The first-order valence-electron chi connectivity index (χ1n) is 6.55. The first kappa shape index (κ1) is 12.7. The van der Waals surface area contributed by atoms with Gasteiger partial charge in [-0.25, -0.2) is 0 Å². The number of guanidine groups is 1. The maximum atomic E-state index is 5.41. The highest BCUT2D eigenvalue weighted by molar-refractivity contribution is 5.80. The van der Waals surface area contributed by atoms with Crippen molar-refractivity contribution < 1.29 is 4.74 Å². The van der Waals surface area contributed by atoms with Gasteiger partial charge < -0.3 is 15.0 Å². The van der Waals surface area contributed by atoms with Crippen molar-refractivity contribution >= 4 is 5.96 Å². The maximum Gasteiger partial charge on any atom is 0.193 e. The van der Waals surface area contributed by atoms with Gasteiger partial charge in [-0.1, -0.05) is 13.8 Å². The Balaban J connectivity index is 1.81. The van der Waals surface area contributed by atoms with Crippen molar-refractivity contribution in [3.63, 3.8) is 0 Å². The van der Waals surface area contributed by atoms with Gasteiger partial charge in [0.15, 0.2) is 5.96 Å². The zero-order chi connectivity index (χ0) is 12.5. The molecule has 98 valence electrons. The lowest BCUT2D eigenvalue weighted by Crippen LogP contribution is -2.43. The van der Waals surface area contributed by atoms with Crippen LogP contribution in [-0.4, -0.2) is 50.8 Å². The van der Waals surface area contributed by atoms with Crippen molar-refractivity contribution in [1.29, 1.82) is 0 Å². The quantitative estimate of drug-likeness (QED) is 0.596. The van der Waals surface area contributed by atoms with Crippen molar-refractivity contribution in [2.75, 3.05) is 33.9 Å². The predicted octanol–water partition coefficient (Wildman–Crippen LogP) is 1.33. The molecule has 2 aliphatic rings. The van der Waals surface area contributed by atoms with Crippen LogP contribution in [0.2, 0.25) is 0 Å². The lowest BCUT2D eigenvalue weighted by atomic mass is 10.1. The van der Waals surface area contributed by atoms with E-state index in [2.05, 4.69) is 36.1 Å². The molecule has 1 N–H and O–H groups in total. The molecule has 0 aromatic heterocycles. The molecule has 1 saturated carbocycles. The Morgan fingerprint density at radius 2 is 2.24 bits per heavy atom. The van der Waals surface area contributed by atoms with E-state index in [1.54, 1.807) is 0 Å². The summed E-state index contributed by atoms with van der Waals surface area (Å²) in [6, 6.07) is 0.587. The van der Waals surface area contributed by atoms with E-state index in [9.17, 15) is 0 Å². The number of aliphatic imine (C=N–C) groups is 1. The van der Waals surface area contributed by atoms with Crippen LogP contribution in [0.4, 0.5) is 0 Å². The summed E-state index contributed by atoms with van der Waals surface area (Å²) in [6.45, 7) is 7.44. The molecular formula is C13H25N3O. The van der Waals surface area contributed by atoms with Gasteiger partial charge in [0.2, 0.25) is 0 Å². The van der Waals surface area contributed by atoms with Crippen molar-refractivity contribution in [3.8, 4) is 0 Å². The van der Waals surface area contributed by atoms with Gasteiger partial charge in [0, 0.05) is 39.2 Å². The topological polar surface area (TPSA) is 36.9 Å². The molecule has 4 heteroatoms. The highest BCUT2D eigenvalue weighted by Crippen LogP contribution is 2.44. The Morgan fingerprint density at radius 3 is 2.71 bits per heavy atom. The van der Waals surface area contributed by atoms with E-state index in [1.807, 2.05) is 7.05 Å². The van der Waals surface area contributed by atoms with Gasteiger partial charge in [0.1, 0.15) is 0 Å². The summed E-state index contributed by atoms with van der Waals surface area (Å²) in [5.41, 5.74) is 0.438. The van der Waals surface area contributed by atoms with Gasteiger partial charge >= 0.3 is 0 Å². The molecule has 0 aromatic carbocycles. The van der Waals surface area contributed by atoms with E-state index in [0.717, 1.165) is 25.7 Å². The second-order valence-electron chi connectivity index (χ2n) is 6.05. The number of rotatable bonds is 3. The molecule has 0 spiro atoms. The van der Waals surface area contributed by atoms with E-state index < -0.39 is 0 Å². The zero-order valence-corrected chi connectivity index (χ0v) is 11.5. The number of nitrogens with one attached hydrogen (secondary N) is 1. The van der Waals surface area contributed by atoms with Crippen LogP contribution in [-0.2, 0) is 4.74 Å². The summed E-state index contributed by atoms with van der Waals surface area (Å²) in [5, 5.41) is 3.54. The fraction of sp³-hybridized carbons (Fsp3) is 0.923. The highest BCUT2D eigenvalue weighted by atomic mass is 16.5. The van der Waals surface area contributed by atoms with Crippen molar-refractivity contribution in [2.45, 2.75) is 32.7 Å². The second kappa shape index (κ2) is 4.84. The molecule has 0 aromatic rings. The molecule has 0 amide bonds. The number of ether oxygens (including phenoxy) is 1. The monoisotopic (exact) mass is 239 g/mol. The number of nitrogens with zero attached hydrogens (tertiary/aromatic N) is 2. The van der Waals surface area contributed by atoms with E-state index in [4.69, 9.17) is 4.74 Å². The minimum atomic E-state index is 0.438. The third-order valence-corrected chi connectivity index (χ3v) is 3.95. The fourth-order valence-electron chi connectivity index (χ4n) is 2.42. The molecule has 1 heterocycles. The predicted molar refractivity (Wildman–Crippen MR) is 70.2 cm³/mol. The van der Waals surface area contributed by atoms with E-state index in [0.29, 0.717) is 17.4 Å². The Hall–Kier alpha value is -0.770. The largest absolute Gasteiger partial charge is 0.381 e. The minimum absolute atomic E-state index is 0.438. The molecule has 2 atom stereocenters. The molecule has 1 aliphatic carbocycles. The molecule has 2 rings (SSSR count). The van der Waals surface area contributed by atoms with Crippen LogP contribution in [0.3, 0.4) is 0 Å². The summed E-state index contributed by atoms with van der Waals surface area (Å²) < 4.78 is 5.41. The van der Waals surface area contributed by atoms with Crippen LogP contribution in [0.25, 0.3) is 0 Å². The SMILES string of the molecule is CN=C(NC1CC1(C)C)N(C)CC1CCOC1. The Bertz CT molecular complexity index is 295. The zero-order valence-electron chi connectivity index (χ0n) is 11.5. The van der Waals surface area contributed by atoms with Gasteiger partial charge in [-0.05, 0) is 18.3 Å². The van der Waals surface area contributed by atoms with E-state index in [-0.39, 0.29) is 0 Å². The Kier molecular flexibility index (Phi) is 3.61. The lowest BCUT2D eigenvalue weighted by Gasteiger charge is -2.25. The van der Waals surface area contributed by atoms with Gasteiger partial charge in [-0.3, -0.25) is 4.99 Å². The second-order valence-corrected chi connectivity index (χ2v) is 6.05. The summed E-state index contributed by atoms with van der Waals surface area (Å²) >= 11 is 0. The molecule has 17 heavy (non-hydrogen) atoms. The van der Waals surface area contributed by atoms with Crippen molar-refractivity contribution in [3.05, 3.63) is 0 Å². The van der Waals surface area contributed by atoms with Gasteiger partial charge in [0.05, 0.1) is 6.61 Å². The molecule has 2 unspecified atom stereocenters. The average molecular weight is 239 g/mol. The minimum Gasteiger partial charge on any atom is -0.381 e. The van der Waals surface area contributed by atoms with Crippen molar-refractivity contribution in [2.24, 2.45) is 16.3 Å². The first-order valence-corrected chi connectivity index (χ1v) is 6.55. The Labute approximate surface area is 104 Å². The molecule has 1 saturated heterocycles. The van der Waals surface area contributed by atoms with Crippen LogP contribution in [0.15, 0.2) is 4.99 Å².